The van der Waals surface area contributed by atoms with Gasteiger partial charge in [-0.15, -0.1) is 0 Å². The first-order valence-electron chi connectivity index (χ1n) is 13.5. The summed E-state index contributed by atoms with van der Waals surface area (Å²) in [6.07, 6.45) is 26.4. The molecule has 1 atom stereocenters. The fourth-order valence-corrected chi connectivity index (χ4v) is 5.70. The van der Waals surface area contributed by atoms with Crippen molar-refractivity contribution in [1.29, 1.82) is 0 Å². The molecule has 0 spiro atoms. The van der Waals surface area contributed by atoms with Crippen LogP contribution in [0.1, 0.15) is 89.8 Å². The second kappa shape index (κ2) is 12.4. The van der Waals surface area contributed by atoms with Crippen LogP contribution in [0.2, 0.25) is 0 Å². The molecule has 1 fully saturated rings. The highest BCUT2D eigenvalue weighted by Gasteiger charge is 2.32. The third-order valence-corrected chi connectivity index (χ3v) is 8.04. The predicted octanol–water partition coefficient (Wildman–Crippen LogP) is 10.5. The number of hydrogen-bond acceptors (Lipinski definition) is 0. The van der Waals surface area contributed by atoms with Crippen molar-refractivity contribution in [3.8, 4) is 0 Å². The van der Waals surface area contributed by atoms with Crippen molar-refractivity contribution in [2.45, 2.75) is 79.6 Å². The molecule has 1 aromatic rings. The van der Waals surface area contributed by atoms with E-state index < -0.39 is 0 Å². The van der Waals surface area contributed by atoms with Gasteiger partial charge in [0.2, 0.25) is 0 Å². The zero-order valence-corrected chi connectivity index (χ0v) is 22.9. The third kappa shape index (κ3) is 7.44. The Morgan fingerprint density at radius 3 is 2.43 bits per heavy atom. The topological polar surface area (TPSA) is 0 Å². The summed E-state index contributed by atoms with van der Waals surface area (Å²) in [7, 11) is 0. The Morgan fingerprint density at radius 2 is 1.83 bits per heavy atom. The van der Waals surface area contributed by atoms with E-state index in [1.165, 1.54) is 71.1 Å². The molecule has 3 rings (SSSR count). The molecule has 1 unspecified atom stereocenters. The largest absolute Gasteiger partial charge is 0.0995 e. The van der Waals surface area contributed by atoms with Gasteiger partial charge in [-0.2, -0.15) is 0 Å². The highest BCUT2D eigenvalue weighted by atomic mass is 14.4. The van der Waals surface area contributed by atoms with Crippen LogP contribution in [0.5, 0.6) is 0 Å². The van der Waals surface area contributed by atoms with E-state index in [1.807, 2.05) is 0 Å². The van der Waals surface area contributed by atoms with Gasteiger partial charge in [0.25, 0.3) is 0 Å². The van der Waals surface area contributed by atoms with Crippen molar-refractivity contribution in [2.75, 3.05) is 0 Å². The van der Waals surface area contributed by atoms with E-state index in [0.29, 0.717) is 11.3 Å². The fraction of sp³-hybridized carbons (Fsp3) is 0.429. The molecule has 0 nitrogen and oxygen atoms in total. The second-order valence-corrected chi connectivity index (χ2v) is 11.2. The van der Waals surface area contributed by atoms with Crippen molar-refractivity contribution in [1.82, 2.24) is 0 Å². The Labute approximate surface area is 215 Å². The summed E-state index contributed by atoms with van der Waals surface area (Å²) in [5.41, 5.74) is 9.75. The molecule has 0 radical (unpaired) electrons. The van der Waals surface area contributed by atoms with E-state index in [-0.39, 0.29) is 0 Å². The van der Waals surface area contributed by atoms with Gasteiger partial charge in [-0.25, -0.2) is 0 Å². The van der Waals surface area contributed by atoms with Crippen LogP contribution in [-0.4, -0.2) is 0 Å². The van der Waals surface area contributed by atoms with E-state index in [0.717, 1.165) is 18.8 Å². The lowest BCUT2D eigenvalue weighted by molar-refractivity contribution is 0.169. The lowest BCUT2D eigenvalue weighted by Crippen LogP contribution is -2.26. The zero-order valence-electron chi connectivity index (χ0n) is 22.9. The number of rotatable bonds is 9. The normalized spacial score (nSPS) is 25.3. The van der Waals surface area contributed by atoms with Gasteiger partial charge >= 0.3 is 0 Å². The maximum absolute atomic E-state index is 4.49. The van der Waals surface area contributed by atoms with Crippen molar-refractivity contribution in [3.05, 3.63) is 107 Å². The van der Waals surface area contributed by atoms with Crippen LogP contribution in [-0.2, 0) is 6.42 Å². The van der Waals surface area contributed by atoms with Crippen LogP contribution in [0.25, 0.3) is 11.6 Å². The van der Waals surface area contributed by atoms with Gasteiger partial charge in [0, 0.05) is 5.92 Å². The van der Waals surface area contributed by atoms with Gasteiger partial charge in [0.15, 0.2) is 0 Å². The minimum atomic E-state index is 0.377. The van der Waals surface area contributed by atoms with Gasteiger partial charge in [0.1, 0.15) is 0 Å². The van der Waals surface area contributed by atoms with Crippen molar-refractivity contribution in [3.63, 3.8) is 0 Å². The van der Waals surface area contributed by atoms with Crippen LogP contribution in [0.3, 0.4) is 0 Å². The molecular weight excluding hydrogens is 420 g/mol. The number of hydrogen-bond donors (Lipinski definition) is 0. The van der Waals surface area contributed by atoms with E-state index in [1.54, 1.807) is 0 Å². The maximum Gasteiger partial charge on any atom is 0.000944 e. The average Bonchev–Trinajstić information content (AvgIpc) is 2.84. The summed E-state index contributed by atoms with van der Waals surface area (Å²) < 4.78 is 0. The van der Waals surface area contributed by atoms with E-state index >= 15 is 0 Å². The van der Waals surface area contributed by atoms with Crippen LogP contribution >= 0.6 is 0 Å². The molecule has 2 aliphatic rings. The highest BCUT2D eigenvalue weighted by Crippen LogP contribution is 2.45. The third-order valence-electron chi connectivity index (χ3n) is 8.04. The average molecular weight is 467 g/mol. The molecule has 0 heteroatoms. The first-order chi connectivity index (χ1) is 16.7. The molecular formula is C35H46. The van der Waals surface area contributed by atoms with E-state index in [4.69, 9.17) is 0 Å². The summed E-state index contributed by atoms with van der Waals surface area (Å²) in [4.78, 5) is 0. The lowest BCUT2D eigenvalue weighted by atomic mass is 9.67. The van der Waals surface area contributed by atoms with Gasteiger partial charge in [-0.1, -0.05) is 92.5 Å². The minimum Gasteiger partial charge on any atom is -0.0995 e. The Bertz CT molecular complexity index is 1060. The van der Waals surface area contributed by atoms with E-state index in [2.05, 4.69) is 115 Å². The van der Waals surface area contributed by atoms with Gasteiger partial charge in [-0.3, -0.25) is 0 Å². The van der Waals surface area contributed by atoms with Gasteiger partial charge in [-0.05, 0) is 117 Å². The Hall–Kier alpha value is -2.60. The zero-order chi connectivity index (χ0) is 25.4. The molecule has 0 aromatic heterocycles. The molecule has 0 heterocycles. The minimum absolute atomic E-state index is 0.377. The molecule has 1 saturated carbocycles. The van der Waals surface area contributed by atoms with Crippen molar-refractivity contribution >= 4 is 11.6 Å². The maximum atomic E-state index is 4.49. The smallest absolute Gasteiger partial charge is 0.000944 e. The number of allylic oxidation sites excluding steroid dienone is 11. The first kappa shape index (κ1) is 27.0. The highest BCUT2D eigenvalue weighted by molar-refractivity contribution is 5.74. The van der Waals surface area contributed by atoms with Crippen molar-refractivity contribution < 1.29 is 0 Å². The fourth-order valence-electron chi connectivity index (χ4n) is 5.70. The quantitative estimate of drug-likeness (QED) is 0.251. The summed E-state index contributed by atoms with van der Waals surface area (Å²) in [5.74, 6) is 1.28. The first-order valence-corrected chi connectivity index (χ1v) is 13.5. The van der Waals surface area contributed by atoms with Crippen LogP contribution in [0, 0.1) is 17.3 Å². The Morgan fingerprint density at radius 1 is 1.09 bits per heavy atom. The van der Waals surface area contributed by atoms with Crippen LogP contribution < -0.4 is 0 Å². The molecule has 1 aromatic carbocycles. The Kier molecular flexibility index (Phi) is 9.55. The van der Waals surface area contributed by atoms with Crippen LogP contribution in [0.4, 0.5) is 0 Å². The molecule has 35 heavy (non-hydrogen) atoms. The molecule has 0 aliphatic heterocycles. The summed E-state index contributed by atoms with van der Waals surface area (Å²) >= 11 is 0. The summed E-state index contributed by atoms with van der Waals surface area (Å²) in [5, 5.41) is 0. The monoisotopic (exact) mass is 466 g/mol. The SMILES string of the molecule is C=C(CC1(C)CCC(Cc2ccc(/C(C)=C/C=C\C)c(/C=C/C)c2)CC1)C1=CCC(C(=C)C)C=C1. The van der Waals surface area contributed by atoms with Crippen LogP contribution in [0.15, 0.2) is 90.6 Å². The molecule has 0 N–H and O–H groups in total. The second-order valence-electron chi connectivity index (χ2n) is 11.2. The van der Waals surface area contributed by atoms with Crippen molar-refractivity contribution in [2.24, 2.45) is 17.3 Å². The van der Waals surface area contributed by atoms with E-state index in [9.17, 15) is 0 Å². The summed E-state index contributed by atoms with van der Waals surface area (Å²) in [6, 6.07) is 7.09. The van der Waals surface area contributed by atoms with Gasteiger partial charge < -0.3 is 0 Å². The summed E-state index contributed by atoms with van der Waals surface area (Å²) in [6.45, 7) is 19.6. The number of benzene rings is 1. The molecule has 2 aliphatic carbocycles. The predicted molar refractivity (Wildman–Crippen MR) is 157 cm³/mol. The molecule has 0 amide bonds. The standard InChI is InChI=1S/C35H46/c1-8-10-12-27(5)34-18-13-30(24-33(34)11-9-2)23-29-19-21-35(7,22-20-29)25-28(6)32-16-14-31(15-17-32)26(3)4/h8-14,16-18,24,29,31H,3,6,15,19-23,25H2,1-2,4-5,7H3/b10-8-,11-9+,27-12+. The molecule has 186 valence electrons. The van der Waals surface area contributed by atoms with Gasteiger partial charge in [0.05, 0.1) is 0 Å². The molecule has 0 bridgehead atoms. The Balaban J connectivity index is 1.59. The lowest BCUT2D eigenvalue weighted by Gasteiger charge is -2.38. The molecule has 0 saturated heterocycles.